The molecule has 0 aliphatic heterocycles. The Kier molecular flexibility index (Phi) is 4.11. The van der Waals surface area contributed by atoms with Gasteiger partial charge in [0, 0.05) is 17.3 Å². The van der Waals surface area contributed by atoms with Gasteiger partial charge in [-0.15, -0.1) is 0 Å². The summed E-state index contributed by atoms with van der Waals surface area (Å²) in [6.45, 7) is 3.62. The molecule has 2 aromatic carbocycles. The summed E-state index contributed by atoms with van der Waals surface area (Å²) in [6.07, 6.45) is 0.932. The number of hydrogen-bond acceptors (Lipinski definition) is 4. The molecular formula is C18H21N3O. The lowest BCUT2D eigenvalue weighted by atomic mass is 10.1. The summed E-state index contributed by atoms with van der Waals surface area (Å²) in [4.78, 5) is 4.76. The van der Waals surface area contributed by atoms with Crippen molar-refractivity contribution in [2.24, 2.45) is 5.73 Å². The minimum Gasteiger partial charge on any atom is -0.497 e. The van der Waals surface area contributed by atoms with Gasteiger partial charge < -0.3 is 15.8 Å². The molecular weight excluding hydrogens is 274 g/mol. The van der Waals surface area contributed by atoms with Crippen molar-refractivity contribution in [3.05, 3.63) is 42.0 Å². The van der Waals surface area contributed by atoms with E-state index in [0.717, 1.165) is 46.2 Å². The van der Waals surface area contributed by atoms with Crippen molar-refractivity contribution in [2.45, 2.75) is 13.3 Å². The number of anilines is 1. The fourth-order valence-corrected chi connectivity index (χ4v) is 2.67. The van der Waals surface area contributed by atoms with E-state index < -0.39 is 0 Å². The molecule has 114 valence electrons. The van der Waals surface area contributed by atoms with Crippen LogP contribution in [0.4, 0.5) is 5.69 Å². The first-order valence-electron chi connectivity index (χ1n) is 7.55. The number of methoxy groups -OCH3 is 1. The molecule has 0 unspecified atom stereocenters. The number of benzene rings is 2. The van der Waals surface area contributed by atoms with Gasteiger partial charge in [-0.2, -0.15) is 0 Å². The van der Waals surface area contributed by atoms with Crippen LogP contribution in [0.25, 0.3) is 21.8 Å². The number of aryl methyl sites for hydroxylation is 1. The van der Waals surface area contributed by atoms with E-state index in [-0.39, 0.29) is 0 Å². The lowest BCUT2D eigenvalue weighted by Crippen LogP contribution is -2.09. The van der Waals surface area contributed by atoms with Crippen molar-refractivity contribution in [3.63, 3.8) is 0 Å². The zero-order valence-corrected chi connectivity index (χ0v) is 13.0. The molecule has 0 aliphatic rings. The third-order valence-electron chi connectivity index (χ3n) is 3.82. The molecule has 0 saturated heterocycles. The smallest absolute Gasteiger partial charge is 0.119 e. The maximum atomic E-state index is 5.62. The van der Waals surface area contributed by atoms with Crippen LogP contribution >= 0.6 is 0 Å². The van der Waals surface area contributed by atoms with E-state index in [1.165, 1.54) is 5.56 Å². The number of nitrogens with two attached hydrogens (primary N) is 1. The monoisotopic (exact) mass is 295 g/mol. The summed E-state index contributed by atoms with van der Waals surface area (Å²) >= 11 is 0. The van der Waals surface area contributed by atoms with Crippen molar-refractivity contribution in [3.8, 4) is 5.75 Å². The summed E-state index contributed by atoms with van der Waals surface area (Å²) in [6, 6.07) is 12.3. The second-order valence-corrected chi connectivity index (χ2v) is 5.46. The molecule has 22 heavy (non-hydrogen) atoms. The normalized spacial score (nSPS) is 11.0. The van der Waals surface area contributed by atoms with Crippen LogP contribution in [0.15, 0.2) is 36.4 Å². The Morgan fingerprint density at radius 3 is 2.55 bits per heavy atom. The van der Waals surface area contributed by atoms with Crippen molar-refractivity contribution in [1.29, 1.82) is 0 Å². The molecule has 1 aromatic heterocycles. The first kappa shape index (κ1) is 14.6. The van der Waals surface area contributed by atoms with Crippen LogP contribution in [-0.2, 0) is 0 Å². The highest BCUT2D eigenvalue weighted by Crippen LogP contribution is 2.33. The maximum absolute atomic E-state index is 5.62. The summed E-state index contributed by atoms with van der Waals surface area (Å²) in [5, 5.41) is 5.75. The van der Waals surface area contributed by atoms with Crippen LogP contribution in [-0.4, -0.2) is 25.2 Å². The molecule has 0 atom stereocenters. The maximum Gasteiger partial charge on any atom is 0.119 e. The Hall–Kier alpha value is -2.33. The Morgan fingerprint density at radius 1 is 1.09 bits per heavy atom. The summed E-state index contributed by atoms with van der Waals surface area (Å²) in [7, 11) is 1.68. The van der Waals surface area contributed by atoms with E-state index in [1.54, 1.807) is 7.11 Å². The van der Waals surface area contributed by atoms with Gasteiger partial charge in [-0.05, 0) is 50.2 Å². The second kappa shape index (κ2) is 6.20. The molecule has 0 saturated carbocycles. The number of hydrogen-bond donors (Lipinski definition) is 2. The highest BCUT2D eigenvalue weighted by molar-refractivity contribution is 6.08. The van der Waals surface area contributed by atoms with Gasteiger partial charge in [-0.3, -0.25) is 0 Å². The zero-order valence-electron chi connectivity index (χ0n) is 13.0. The lowest BCUT2D eigenvalue weighted by molar-refractivity contribution is 0.415. The van der Waals surface area contributed by atoms with Crippen LogP contribution in [0.5, 0.6) is 5.75 Å². The molecule has 3 rings (SSSR count). The number of nitrogens with zero attached hydrogens (tertiary/aromatic N) is 1. The quantitative estimate of drug-likeness (QED) is 0.559. The number of pyridine rings is 1. The summed E-state index contributed by atoms with van der Waals surface area (Å²) in [5.41, 5.74) is 9.91. The SMILES string of the molecule is COc1ccc2nc3ccc(C)cc3c(NCCCN)c2c1. The molecule has 0 radical (unpaired) electrons. The molecule has 3 aromatic rings. The van der Waals surface area contributed by atoms with Crippen molar-refractivity contribution < 1.29 is 4.74 Å². The van der Waals surface area contributed by atoms with Gasteiger partial charge in [0.25, 0.3) is 0 Å². The van der Waals surface area contributed by atoms with Crippen molar-refractivity contribution >= 4 is 27.5 Å². The van der Waals surface area contributed by atoms with E-state index >= 15 is 0 Å². The molecule has 0 amide bonds. The molecule has 4 heteroatoms. The topological polar surface area (TPSA) is 60.2 Å². The molecule has 0 spiro atoms. The summed E-state index contributed by atoms with van der Waals surface area (Å²) < 4.78 is 5.36. The number of ether oxygens (including phenoxy) is 1. The molecule has 3 N–H and O–H groups in total. The van der Waals surface area contributed by atoms with Crippen LogP contribution in [0.2, 0.25) is 0 Å². The zero-order chi connectivity index (χ0) is 15.5. The van der Waals surface area contributed by atoms with Crippen molar-refractivity contribution in [1.82, 2.24) is 4.98 Å². The third-order valence-corrected chi connectivity index (χ3v) is 3.82. The number of fused-ring (bicyclic) bond motifs is 2. The first-order valence-corrected chi connectivity index (χ1v) is 7.55. The summed E-state index contributed by atoms with van der Waals surface area (Å²) in [5.74, 6) is 0.836. The number of nitrogens with one attached hydrogen (secondary N) is 1. The first-order chi connectivity index (χ1) is 10.7. The van der Waals surface area contributed by atoms with E-state index in [2.05, 4.69) is 30.4 Å². The van der Waals surface area contributed by atoms with E-state index in [0.29, 0.717) is 6.54 Å². The van der Waals surface area contributed by atoms with E-state index in [4.69, 9.17) is 15.5 Å². The lowest BCUT2D eigenvalue weighted by Gasteiger charge is -2.14. The average Bonchev–Trinajstić information content (AvgIpc) is 2.54. The van der Waals surface area contributed by atoms with Gasteiger partial charge in [-0.1, -0.05) is 11.6 Å². The Morgan fingerprint density at radius 2 is 1.82 bits per heavy atom. The molecule has 1 heterocycles. The third kappa shape index (κ3) is 2.70. The van der Waals surface area contributed by atoms with Gasteiger partial charge in [0.1, 0.15) is 5.75 Å². The fraction of sp³-hybridized carbons (Fsp3) is 0.278. The van der Waals surface area contributed by atoms with E-state index in [1.807, 2.05) is 18.2 Å². The largest absolute Gasteiger partial charge is 0.497 e. The van der Waals surface area contributed by atoms with Crippen LogP contribution in [0.3, 0.4) is 0 Å². The highest BCUT2D eigenvalue weighted by atomic mass is 16.5. The molecule has 0 bridgehead atoms. The highest BCUT2D eigenvalue weighted by Gasteiger charge is 2.10. The van der Waals surface area contributed by atoms with Gasteiger partial charge >= 0.3 is 0 Å². The standard InChI is InChI=1S/C18H21N3O/c1-12-4-6-16-14(10-12)18(20-9-3-8-19)15-11-13(22-2)5-7-17(15)21-16/h4-7,10-11H,3,8-9,19H2,1-2H3,(H,20,21). The molecule has 0 aliphatic carbocycles. The van der Waals surface area contributed by atoms with Crippen LogP contribution in [0.1, 0.15) is 12.0 Å². The Labute approximate surface area is 130 Å². The number of rotatable bonds is 5. The minimum atomic E-state index is 0.677. The van der Waals surface area contributed by atoms with Gasteiger partial charge in [-0.25, -0.2) is 4.98 Å². The predicted octanol–water partition coefficient (Wildman–Crippen LogP) is 3.47. The number of aromatic nitrogens is 1. The van der Waals surface area contributed by atoms with E-state index in [9.17, 15) is 0 Å². The Balaban J connectivity index is 2.25. The van der Waals surface area contributed by atoms with Gasteiger partial charge in [0.15, 0.2) is 0 Å². The Bertz CT molecular complexity index is 814. The fourth-order valence-electron chi connectivity index (χ4n) is 2.67. The average molecular weight is 295 g/mol. The van der Waals surface area contributed by atoms with Crippen LogP contribution in [0, 0.1) is 6.92 Å². The second-order valence-electron chi connectivity index (χ2n) is 5.46. The van der Waals surface area contributed by atoms with Gasteiger partial charge in [0.05, 0.1) is 23.8 Å². The van der Waals surface area contributed by atoms with Crippen molar-refractivity contribution in [2.75, 3.05) is 25.5 Å². The van der Waals surface area contributed by atoms with Crippen LogP contribution < -0.4 is 15.8 Å². The predicted molar refractivity (Wildman–Crippen MR) is 92.7 cm³/mol. The molecule has 0 fully saturated rings. The minimum absolute atomic E-state index is 0.677. The molecule has 4 nitrogen and oxygen atoms in total. The van der Waals surface area contributed by atoms with Gasteiger partial charge in [0.2, 0.25) is 0 Å².